The van der Waals surface area contributed by atoms with Crippen LogP contribution in [0.5, 0.6) is 0 Å². The van der Waals surface area contributed by atoms with Crippen LogP contribution in [0.1, 0.15) is 45.4 Å². The Bertz CT molecular complexity index is 96.0. The molecule has 0 radical (unpaired) electrons. The molecular formula is C10H20O2. The average Bonchev–Trinajstić information content (AvgIpc) is 2.19. The fourth-order valence-electron chi connectivity index (χ4n) is 1.60. The van der Waals surface area contributed by atoms with Gasteiger partial charge in [0.25, 0.3) is 6.47 Å². The smallest absolute Gasteiger partial charge is 0.292 e. The maximum Gasteiger partial charge on any atom is 0.292 e. The summed E-state index contributed by atoms with van der Waals surface area (Å²) < 4.78 is 3.86. The zero-order valence-corrected chi connectivity index (χ0v) is 8.21. The molecule has 72 valence electrons. The molecule has 0 spiro atoms. The highest BCUT2D eigenvalue weighted by Crippen LogP contribution is 2.25. The lowest BCUT2D eigenvalue weighted by Crippen LogP contribution is -2.03. The van der Waals surface area contributed by atoms with Crippen molar-refractivity contribution < 1.29 is 9.53 Å². The molecule has 0 unspecified atom stereocenters. The highest BCUT2D eigenvalue weighted by atomic mass is 16.5. The van der Waals surface area contributed by atoms with Crippen molar-refractivity contribution in [1.82, 2.24) is 0 Å². The maximum absolute atomic E-state index is 8.95. The molecule has 2 nitrogen and oxygen atoms in total. The van der Waals surface area contributed by atoms with Crippen LogP contribution in [0.15, 0.2) is 0 Å². The van der Waals surface area contributed by atoms with Crippen LogP contribution in [0.4, 0.5) is 0 Å². The Balaban J connectivity index is 0.000000261. The third-order valence-electron chi connectivity index (χ3n) is 2.40. The monoisotopic (exact) mass is 172 g/mol. The summed E-state index contributed by atoms with van der Waals surface area (Å²) in [5.74, 6) is 1.09. The minimum atomic E-state index is 0.375. The van der Waals surface area contributed by atoms with Gasteiger partial charge in [-0.3, -0.25) is 4.79 Å². The second-order valence-electron chi connectivity index (χ2n) is 3.24. The van der Waals surface area contributed by atoms with Crippen molar-refractivity contribution in [3.8, 4) is 0 Å². The number of carbonyl (C=O) groups is 1. The Kier molecular flexibility index (Phi) is 8.19. The number of methoxy groups -OCH3 is 1. The summed E-state index contributed by atoms with van der Waals surface area (Å²) in [5, 5.41) is 0. The molecule has 0 saturated heterocycles. The van der Waals surface area contributed by atoms with E-state index in [0.717, 1.165) is 5.92 Å². The summed E-state index contributed by atoms with van der Waals surface area (Å²) in [6, 6.07) is 0. The van der Waals surface area contributed by atoms with Gasteiger partial charge in [-0.15, -0.1) is 0 Å². The van der Waals surface area contributed by atoms with Crippen LogP contribution in [0.25, 0.3) is 0 Å². The Morgan fingerprint density at radius 1 is 1.33 bits per heavy atom. The molecule has 0 atom stereocenters. The van der Waals surface area contributed by atoms with Crippen LogP contribution in [0, 0.1) is 5.92 Å². The van der Waals surface area contributed by atoms with Gasteiger partial charge in [-0.1, -0.05) is 45.4 Å². The third-order valence-corrected chi connectivity index (χ3v) is 2.40. The SMILES string of the molecule is CCC1CCCCC1.COC=O. The van der Waals surface area contributed by atoms with Crippen LogP contribution in [0.3, 0.4) is 0 Å². The molecule has 1 aliphatic carbocycles. The highest BCUT2D eigenvalue weighted by Gasteiger charge is 2.09. The highest BCUT2D eigenvalue weighted by molar-refractivity contribution is 5.36. The fourth-order valence-corrected chi connectivity index (χ4v) is 1.60. The lowest BCUT2D eigenvalue weighted by molar-refractivity contribution is -0.126. The second-order valence-corrected chi connectivity index (χ2v) is 3.24. The van der Waals surface area contributed by atoms with E-state index in [4.69, 9.17) is 4.79 Å². The summed E-state index contributed by atoms with van der Waals surface area (Å²) in [5.41, 5.74) is 0. The number of rotatable bonds is 2. The molecule has 0 amide bonds. The van der Waals surface area contributed by atoms with Crippen molar-refractivity contribution >= 4 is 6.47 Å². The molecule has 1 fully saturated rings. The Labute approximate surface area is 75.3 Å². The number of ether oxygens (including phenoxy) is 1. The lowest BCUT2D eigenvalue weighted by atomic mass is 9.88. The molecule has 0 aromatic heterocycles. The molecule has 0 heterocycles. The van der Waals surface area contributed by atoms with E-state index in [1.165, 1.54) is 45.6 Å². The van der Waals surface area contributed by atoms with Gasteiger partial charge < -0.3 is 4.74 Å². The van der Waals surface area contributed by atoms with Crippen molar-refractivity contribution in [2.75, 3.05) is 7.11 Å². The van der Waals surface area contributed by atoms with Crippen molar-refractivity contribution in [1.29, 1.82) is 0 Å². The minimum Gasteiger partial charge on any atom is -0.471 e. The number of hydrogen-bond acceptors (Lipinski definition) is 2. The van der Waals surface area contributed by atoms with Crippen LogP contribution < -0.4 is 0 Å². The van der Waals surface area contributed by atoms with Gasteiger partial charge in [-0.2, -0.15) is 0 Å². The number of carbonyl (C=O) groups excluding carboxylic acids is 1. The second kappa shape index (κ2) is 8.57. The average molecular weight is 172 g/mol. The molecule has 0 bridgehead atoms. The van der Waals surface area contributed by atoms with E-state index < -0.39 is 0 Å². The van der Waals surface area contributed by atoms with Crippen LogP contribution in [-0.2, 0) is 9.53 Å². The predicted octanol–water partition coefficient (Wildman–Crippen LogP) is 2.77. The van der Waals surface area contributed by atoms with Gasteiger partial charge in [0.1, 0.15) is 0 Å². The van der Waals surface area contributed by atoms with E-state index in [2.05, 4.69) is 11.7 Å². The van der Waals surface area contributed by atoms with E-state index in [0.29, 0.717) is 6.47 Å². The van der Waals surface area contributed by atoms with Crippen molar-refractivity contribution in [2.45, 2.75) is 45.4 Å². The van der Waals surface area contributed by atoms with Gasteiger partial charge in [0.15, 0.2) is 0 Å². The first-order valence-corrected chi connectivity index (χ1v) is 4.81. The number of hydrogen-bond donors (Lipinski definition) is 0. The largest absolute Gasteiger partial charge is 0.471 e. The quantitative estimate of drug-likeness (QED) is 0.599. The summed E-state index contributed by atoms with van der Waals surface area (Å²) in [6.07, 6.45) is 8.93. The predicted molar refractivity (Wildman–Crippen MR) is 49.9 cm³/mol. The molecule has 1 rings (SSSR count). The molecule has 1 aliphatic rings. The first kappa shape index (κ1) is 11.5. The normalized spacial score (nSPS) is 17.5. The van der Waals surface area contributed by atoms with Gasteiger partial charge in [0.2, 0.25) is 0 Å². The van der Waals surface area contributed by atoms with Crippen LogP contribution in [0.2, 0.25) is 0 Å². The molecule has 12 heavy (non-hydrogen) atoms. The molecule has 2 heteroatoms. The van der Waals surface area contributed by atoms with Crippen LogP contribution in [-0.4, -0.2) is 13.6 Å². The first-order valence-electron chi connectivity index (χ1n) is 4.81. The lowest BCUT2D eigenvalue weighted by Gasteiger charge is -2.18. The van der Waals surface area contributed by atoms with Crippen LogP contribution >= 0.6 is 0 Å². The summed E-state index contributed by atoms with van der Waals surface area (Å²) in [4.78, 5) is 8.95. The van der Waals surface area contributed by atoms with E-state index in [1.807, 2.05) is 0 Å². The third kappa shape index (κ3) is 6.20. The Morgan fingerprint density at radius 2 is 1.83 bits per heavy atom. The van der Waals surface area contributed by atoms with E-state index in [1.54, 1.807) is 0 Å². The molecule has 0 aromatic rings. The molecule has 0 aromatic carbocycles. The zero-order chi connectivity index (χ0) is 9.23. The van der Waals surface area contributed by atoms with Crippen molar-refractivity contribution in [2.24, 2.45) is 5.92 Å². The van der Waals surface area contributed by atoms with Crippen molar-refractivity contribution in [3.63, 3.8) is 0 Å². The Hall–Kier alpha value is -0.530. The Morgan fingerprint density at radius 3 is 2.08 bits per heavy atom. The van der Waals surface area contributed by atoms with Gasteiger partial charge in [-0.25, -0.2) is 0 Å². The van der Waals surface area contributed by atoms with E-state index in [9.17, 15) is 0 Å². The van der Waals surface area contributed by atoms with Gasteiger partial charge in [0.05, 0.1) is 7.11 Å². The fraction of sp³-hybridized carbons (Fsp3) is 0.900. The molecule has 1 saturated carbocycles. The van der Waals surface area contributed by atoms with Gasteiger partial charge in [-0.05, 0) is 5.92 Å². The first-order chi connectivity index (χ1) is 5.85. The topological polar surface area (TPSA) is 26.3 Å². The molecular weight excluding hydrogens is 152 g/mol. The standard InChI is InChI=1S/C8H16.C2H4O2/c1-2-8-6-4-3-5-7-8;1-4-2-3/h8H,2-7H2,1H3;2H,1H3. The van der Waals surface area contributed by atoms with E-state index >= 15 is 0 Å². The zero-order valence-electron chi connectivity index (χ0n) is 8.21. The van der Waals surface area contributed by atoms with E-state index in [-0.39, 0.29) is 0 Å². The summed E-state index contributed by atoms with van der Waals surface area (Å²) in [6.45, 7) is 2.69. The summed E-state index contributed by atoms with van der Waals surface area (Å²) in [7, 11) is 1.31. The van der Waals surface area contributed by atoms with Gasteiger partial charge >= 0.3 is 0 Å². The summed E-state index contributed by atoms with van der Waals surface area (Å²) >= 11 is 0. The molecule has 0 aliphatic heterocycles. The maximum atomic E-state index is 8.95. The van der Waals surface area contributed by atoms with Gasteiger partial charge in [0, 0.05) is 0 Å². The van der Waals surface area contributed by atoms with Crippen molar-refractivity contribution in [3.05, 3.63) is 0 Å². The molecule has 0 N–H and O–H groups in total. The minimum absolute atomic E-state index is 0.375.